The maximum Gasteiger partial charge on any atom is 0.265 e. The van der Waals surface area contributed by atoms with Gasteiger partial charge in [0.05, 0.1) is 4.90 Å². The van der Waals surface area contributed by atoms with E-state index in [9.17, 15) is 13.2 Å². The monoisotopic (exact) mass is 419 g/mol. The van der Waals surface area contributed by atoms with E-state index in [1.807, 2.05) is 12.1 Å². The molecule has 0 spiro atoms. The van der Waals surface area contributed by atoms with Crippen molar-refractivity contribution in [2.75, 3.05) is 10.8 Å². The average molecular weight is 420 g/mol. The van der Waals surface area contributed by atoms with Gasteiger partial charge in [0, 0.05) is 19.2 Å². The van der Waals surface area contributed by atoms with Crippen LogP contribution in [0.5, 0.6) is 0 Å². The third kappa shape index (κ3) is 6.54. The Bertz CT molecular complexity index is 869. The first-order valence-electron chi connectivity index (χ1n) is 9.83. The molecule has 0 fully saturated rings. The molecule has 0 aliphatic carbocycles. The van der Waals surface area contributed by atoms with Crippen molar-refractivity contribution in [2.24, 2.45) is 0 Å². The summed E-state index contributed by atoms with van der Waals surface area (Å²) in [7, 11) is -3.73. The number of hydroxylamine groups is 1. The first kappa shape index (κ1) is 22.8. The molecule has 29 heavy (non-hydrogen) atoms. The molecule has 0 bridgehead atoms. The Balaban J connectivity index is 2.10. The molecule has 1 amide bonds. The first-order valence-corrected chi connectivity index (χ1v) is 11.3. The van der Waals surface area contributed by atoms with E-state index in [2.05, 4.69) is 18.8 Å². The zero-order valence-corrected chi connectivity index (χ0v) is 17.7. The van der Waals surface area contributed by atoms with Gasteiger partial charge >= 0.3 is 0 Å². The lowest BCUT2D eigenvalue weighted by Crippen LogP contribution is -2.32. The predicted molar refractivity (Wildman–Crippen MR) is 112 cm³/mol. The van der Waals surface area contributed by atoms with E-state index in [0.717, 1.165) is 18.4 Å². The van der Waals surface area contributed by atoms with Crippen molar-refractivity contribution in [1.82, 2.24) is 10.5 Å². The Morgan fingerprint density at radius 1 is 1.07 bits per heavy atom. The number of hydrogen-bond donors (Lipinski definition) is 2. The molecule has 2 rings (SSSR count). The molecular weight excluding hydrogens is 390 g/mol. The van der Waals surface area contributed by atoms with Crippen LogP contribution >= 0.6 is 0 Å². The van der Waals surface area contributed by atoms with Crippen LogP contribution in [0.1, 0.15) is 57.4 Å². The highest BCUT2D eigenvalue weighted by molar-refractivity contribution is 7.92. The smallest absolute Gasteiger partial charge is 0.265 e. The van der Waals surface area contributed by atoms with E-state index in [-0.39, 0.29) is 11.3 Å². The second-order valence-electron chi connectivity index (χ2n) is 7.19. The lowest BCUT2D eigenvalue weighted by molar-refractivity contribution is -0.129. The van der Waals surface area contributed by atoms with E-state index in [1.165, 1.54) is 4.31 Å². The Morgan fingerprint density at radius 3 is 2.34 bits per heavy atom. The number of carbonyl (C=O) groups excluding carboxylic acids is 1. The van der Waals surface area contributed by atoms with E-state index in [0.29, 0.717) is 31.1 Å². The number of carbonyl (C=O) groups is 1. The summed E-state index contributed by atoms with van der Waals surface area (Å²) in [5.74, 6) is 0.305. The van der Waals surface area contributed by atoms with Crippen molar-refractivity contribution in [3.8, 4) is 0 Å². The molecule has 0 saturated heterocycles. The molecule has 1 aromatic heterocycles. The molecule has 2 N–H and O–H groups in total. The molecule has 158 valence electrons. The van der Waals surface area contributed by atoms with Gasteiger partial charge in [-0.05, 0) is 48.6 Å². The Labute approximate surface area is 172 Å². The van der Waals surface area contributed by atoms with Crippen LogP contribution in [-0.2, 0) is 14.8 Å². The third-order valence-corrected chi connectivity index (χ3v) is 6.50. The number of sulfonamides is 1. The summed E-state index contributed by atoms with van der Waals surface area (Å²) in [5.41, 5.74) is 2.69. The van der Waals surface area contributed by atoms with Crippen LogP contribution in [0.3, 0.4) is 0 Å². The Kier molecular flexibility index (Phi) is 8.60. The molecule has 0 aliphatic heterocycles. The quantitative estimate of drug-likeness (QED) is 0.327. The lowest BCUT2D eigenvalue weighted by Gasteiger charge is -2.23. The van der Waals surface area contributed by atoms with Crippen LogP contribution in [0.25, 0.3) is 0 Å². The Hall–Kier alpha value is -2.45. The molecule has 1 aromatic carbocycles. The van der Waals surface area contributed by atoms with Crippen LogP contribution in [0, 0.1) is 0 Å². The maximum atomic E-state index is 13.3. The molecular formula is C21H29N3O4S. The zero-order valence-electron chi connectivity index (χ0n) is 16.9. The van der Waals surface area contributed by atoms with Gasteiger partial charge in [0.15, 0.2) is 0 Å². The van der Waals surface area contributed by atoms with Gasteiger partial charge in [-0.15, -0.1) is 0 Å². The summed E-state index contributed by atoms with van der Waals surface area (Å²) in [6.07, 6.45) is 4.64. The lowest BCUT2D eigenvalue weighted by atomic mass is 10.0. The Morgan fingerprint density at radius 2 is 1.76 bits per heavy atom. The van der Waals surface area contributed by atoms with Crippen molar-refractivity contribution in [1.29, 1.82) is 0 Å². The highest BCUT2D eigenvalue weighted by Crippen LogP contribution is 2.24. The second kappa shape index (κ2) is 10.9. The van der Waals surface area contributed by atoms with Gasteiger partial charge in [0.2, 0.25) is 5.91 Å². The topological polar surface area (TPSA) is 99.6 Å². The number of anilines is 1. The van der Waals surface area contributed by atoms with Crippen LogP contribution in [0.4, 0.5) is 5.82 Å². The molecule has 0 aliphatic rings. The third-order valence-electron chi connectivity index (χ3n) is 4.68. The summed E-state index contributed by atoms with van der Waals surface area (Å²) in [6.45, 7) is 4.43. The van der Waals surface area contributed by atoms with Crippen LogP contribution in [0.2, 0.25) is 0 Å². The van der Waals surface area contributed by atoms with Crippen LogP contribution in [-0.4, -0.2) is 31.1 Å². The SMILES string of the molecule is CC(C)c1ccc(S(=O)(=O)N(CCCCCCC(=O)NO)c2ccccn2)cc1. The summed E-state index contributed by atoms with van der Waals surface area (Å²) in [6, 6.07) is 12.2. The first-order chi connectivity index (χ1) is 13.9. The molecule has 0 unspecified atom stereocenters. The summed E-state index contributed by atoms with van der Waals surface area (Å²) in [5, 5.41) is 8.50. The summed E-state index contributed by atoms with van der Waals surface area (Å²) >= 11 is 0. The number of hydrogen-bond acceptors (Lipinski definition) is 5. The number of pyridine rings is 1. The second-order valence-corrected chi connectivity index (χ2v) is 9.05. The number of nitrogens with zero attached hydrogens (tertiary/aromatic N) is 2. The molecule has 1 heterocycles. The normalized spacial score (nSPS) is 11.4. The predicted octanol–water partition coefficient (Wildman–Crippen LogP) is 3.86. The van der Waals surface area contributed by atoms with Crippen molar-refractivity contribution in [3.63, 3.8) is 0 Å². The van der Waals surface area contributed by atoms with Gasteiger partial charge in [-0.3, -0.25) is 10.0 Å². The highest BCUT2D eigenvalue weighted by Gasteiger charge is 2.25. The van der Waals surface area contributed by atoms with Crippen molar-refractivity contribution in [2.45, 2.75) is 56.8 Å². The van der Waals surface area contributed by atoms with Gasteiger partial charge in [-0.25, -0.2) is 23.2 Å². The average Bonchev–Trinajstić information content (AvgIpc) is 2.73. The number of amides is 1. The van der Waals surface area contributed by atoms with Crippen LogP contribution in [0.15, 0.2) is 53.6 Å². The number of unbranched alkanes of at least 4 members (excludes halogenated alkanes) is 3. The number of rotatable bonds is 11. The molecule has 2 aromatic rings. The van der Waals surface area contributed by atoms with Crippen molar-refractivity contribution >= 4 is 21.7 Å². The standard InChI is InChI=1S/C21H29N3O4S/c1-17(2)18-11-13-19(14-12-18)29(27,28)24(20-9-6-7-15-22-20)16-8-4-3-5-10-21(25)23-26/h6-7,9,11-15,17,26H,3-5,8,10,16H2,1-2H3,(H,23,25). The minimum Gasteiger partial charge on any atom is -0.289 e. The fourth-order valence-corrected chi connectivity index (χ4v) is 4.42. The summed E-state index contributed by atoms with van der Waals surface area (Å²) < 4.78 is 27.9. The minimum atomic E-state index is -3.73. The number of nitrogens with one attached hydrogen (secondary N) is 1. The van der Waals surface area contributed by atoms with E-state index in [1.54, 1.807) is 42.0 Å². The zero-order chi connectivity index (χ0) is 21.3. The number of aromatic nitrogens is 1. The number of benzene rings is 1. The van der Waals surface area contributed by atoms with Gasteiger partial charge < -0.3 is 0 Å². The molecule has 0 saturated carbocycles. The fraction of sp³-hybridized carbons (Fsp3) is 0.429. The molecule has 0 radical (unpaired) electrons. The van der Waals surface area contributed by atoms with E-state index >= 15 is 0 Å². The fourth-order valence-electron chi connectivity index (χ4n) is 2.96. The molecule has 0 atom stereocenters. The summed E-state index contributed by atoms with van der Waals surface area (Å²) in [4.78, 5) is 15.5. The van der Waals surface area contributed by atoms with Crippen molar-refractivity contribution < 1.29 is 18.4 Å². The largest absolute Gasteiger partial charge is 0.289 e. The van der Waals surface area contributed by atoms with Crippen LogP contribution < -0.4 is 9.79 Å². The molecule has 7 nitrogen and oxygen atoms in total. The molecule has 8 heteroatoms. The van der Waals surface area contributed by atoms with Gasteiger partial charge in [0.25, 0.3) is 10.0 Å². The minimum absolute atomic E-state index is 0.243. The van der Waals surface area contributed by atoms with Crippen molar-refractivity contribution in [3.05, 3.63) is 54.2 Å². The maximum absolute atomic E-state index is 13.3. The highest BCUT2D eigenvalue weighted by atomic mass is 32.2. The van der Waals surface area contributed by atoms with Gasteiger partial charge in [-0.2, -0.15) is 0 Å². The van der Waals surface area contributed by atoms with Gasteiger partial charge in [0.1, 0.15) is 5.82 Å². The van der Waals surface area contributed by atoms with E-state index in [4.69, 9.17) is 5.21 Å². The van der Waals surface area contributed by atoms with E-state index < -0.39 is 15.9 Å². The van der Waals surface area contributed by atoms with Gasteiger partial charge in [-0.1, -0.05) is 44.9 Å².